The highest BCUT2D eigenvalue weighted by Crippen LogP contribution is 2.18. The number of pyridine rings is 1. The Hall–Kier alpha value is -2.73. The molecule has 6 heteroatoms. The van der Waals surface area contributed by atoms with Crippen LogP contribution in [-0.2, 0) is 11.3 Å². The van der Waals surface area contributed by atoms with E-state index in [0.717, 1.165) is 16.9 Å². The van der Waals surface area contributed by atoms with E-state index in [9.17, 15) is 4.79 Å². The van der Waals surface area contributed by atoms with Gasteiger partial charge in [-0.2, -0.15) is 0 Å². The van der Waals surface area contributed by atoms with E-state index in [2.05, 4.69) is 20.3 Å². The molecule has 0 saturated heterocycles. The normalized spacial score (nSPS) is 10.7. The van der Waals surface area contributed by atoms with Crippen LogP contribution in [0, 0.1) is 0 Å². The van der Waals surface area contributed by atoms with Gasteiger partial charge in [0.2, 0.25) is 0 Å². The zero-order valence-electron chi connectivity index (χ0n) is 11.5. The summed E-state index contributed by atoms with van der Waals surface area (Å²) < 4.78 is 5.04. The van der Waals surface area contributed by atoms with Gasteiger partial charge < -0.3 is 15.0 Å². The number of amides is 1. The molecule has 1 aromatic carbocycles. The van der Waals surface area contributed by atoms with Crippen molar-refractivity contribution in [3.05, 3.63) is 54.1 Å². The van der Waals surface area contributed by atoms with Gasteiger partial charge in [-0.15, -0.1) is 0 Å². The van der Waals surface area contributed by atoms with Gasteiger partial charge in [0.25, 0.3) is 5.91 Å². The third kappa shape index (κ3) is 2.90. The molecule has 106 valence electrons. The number of carbonyl (C=O) groups excluding carboxylic acids is 1. The van der Waals surface area contributed by atoms with E-state index in [0.29, 0.717) is 17.9 Å². The molecular weight excluding hydrogens is 268 g/mol. The summed E-state index contributed by atoms with van der Waals surface area (Å²) in [5, 5.41) is 2.85. The second-order valence-corrected chi connectivity index (χ2v) is 4.54. The van der Waals surface area contributed by atoms with Crippen molar-refractivity contribution in [2.75, 3.05) is 12.4 Å². The van der Waals surface area contributed by atoms with Crippen molar-refractivity contribution < 1.29 is 9.53 Å². The lowest BCUT2D eigenvalue weighted by Crippen LogP contribution is -2.11. The Kier molecular flexibility index (Phi) is 3.61. The predicted molar refractivity (Wildman–Crippen MR) is 79.0 cm³/mol. The number of hydrogen-bond acceptors (Lipinski definition) is 4. The van der Waals surface area contributed by atoms with Crippen LogP contribution in [0.4, 0.5) is 5.69 Å². The topological polar surface area (TPSA) is 79.9 Å². The molecule has 0 fully saturated rings. The van der Waals surface area contributed by atoms with Gasteiger partial charge in [0, 0.05) is 30.8 Å². The van der Waals surface area contributed by atoms with Crippen molar-refractivity contribution in [1.82, 2.24) is 15.0 Å². The summed E-state index contributed by atoms with van der Waals surface area (Å²) in [5.41, 5.74) is 2.96. The summed E-state index contributed by atoms with van der Waals surface area (Å²) in [4.78, 5) is 23.5. The van der Waals surface area contributed by atoms with Crippen LogP contribution in [-0.4, -0.2) is 28.0 Å². The second kappa shape index (κ2) is 5.72. The molecule has 0 aliphatic rings. The van der Waals surface area contributed by atoms with Gasteiger partial charge >= 0.3 is 0 Å². The lowest BCUT2D eigenvalue weighted by atomic mass is 10.2. The Labute approximate surface area is 121 Å². The van der Waals surface area contributed by atoms with Gasteiger partial charge in [0.1, 0.15) is 12.4 Å². The molecule has 21 heavy (non-hydrogen) atoms. The number of carbonyl (C=O) groups is 1. The Balaban J connectivity index is 1.82. The van der Waals surface area contributed by atoms with Crippen LogP contribution in [0.1, 0.15) is 16.2 Å². The molecule has 0 bridgehead atoms. The summed E-state index contributed by atoms with van der Waals surface area (Å²) in [6.45, 7) is 0.424. The van der Waals surface area contributed by atoms with E-state index in [1.807, 2.05) is 18.2 Å². The van der Waals surface area contributed by atoms with Crippen LogP contribution in [0.5, 0.6) is 0 Å². The largest absolute Gasteiger partial charge is 0.377 e. The molecule has 0 aliphatic carbocycles. The molecule has 2 aromatic heterocycles. The van der Waals surface area contributed by atoms with E-state index < -0.39 is 0 Å². The fourth-order valence-corrected chi connectivity index (χ4v) is 2.05. The zero-order chi connectivity index (χ0) is 14.7. The maximum Gasteiger partial charge on any atom is 0.255 e. The van der Waals surface area contributed by atoms with Crippen molar-refractivity contribution >= 4 is 22.6 Å². The smallest absolute Gasteiger partial charge is 0.255 e. The van der Waals surface area contributed by atoms with Crippen molar-refractivity contribution in [3.8, 4) is 0 Å². The quantitative estimate of drug-likeness (QED) is 0.769. The summed E-state index contributed by atoms with van der Waals surface area (Å²) >= 11 is 0. The molecule has 0 aliphatic heterocycles. The summed E-state index contributed by atoms with van der Waals surface area (Å²) in [7, 11) is 1.62. The molecule has 3 aromatic rings. The van der Waals surface area contributed by atoms with Gasteiger partial charge in [0.15, 0.2) is 0 Å². The Morgan fingerprint density at radius 2 is 2.10 bits per heavy atom. The van der Waals surface area contributed by atoms with Crippen LogP contribution >= 0.6 is 0 Å². The average molecular weight is 282 g/mol. The molecule has 0 atom stereocenters. The van der Waals surface area contributed by atoms with Gasteiger partial charge in [-0.1, -0.05) is 0 Å². The van der Waals surface area contributed by atoms with Crippen LogP contribution in [0.2, 0.25) is 0 Å². The second-order valence-electron chi connectivity index (χ2n) is 4.54. The molecular formula is C15H14N4O2. The highest BCUT2D eigenvalue weighted by atomic mass is 16.5. The van der Waals surface area contributed by atoms with Crippen molar-refractivity contribution in [3.63, 3.8) is 0 Å². The van der Waals surface area contributed by atoms with Gasteiger partial charge in [-0.25, -0.2) is 4.98 Å². The average Bonchev–Trinajstić information content (AvgIpc) is 2.90. The minimum absolute atomic E-state index is 0.173. The number of rotatable bonds is 4. The van der Waals surface area contributed by atoms with Crippen molar-refractivity contribution in [2.24, 2.45) is 0 Å². The SMILES string of the molecule is COCc1nc2ccc(NC(=O)c3ccncc3)cc2[nH]1. The molecule has 0 radical (unpaired) electrons. The van der Waals surface area contributed by atoms with Gasteiger partial charge in [-0.05, 0) is 30.3 Å². The molecule has 2 N–H and O–H groups in total. The number of imidazole rings is 1. The van der Waals surface area contributed by atoms with Crippen LogP contribution in [0.15, 0.2) is 42.7 Å². The number of ether oxygens (including phenoxy) is 1. The number of anilines is 1. The molecule has 2 heterocycles. The highest BCUT2D eigenvalue weighted by molar-refractivity contribution is 6.04. The molecule has 0 spiro atoms. The first-order valence-electron chi connectivity index (χ1n) is 6.45. The van der Waals surface area contributed by atoms with E-state index in [1.54, 1.807) is 31.6 Å². The standard InChI is InChI=1S/C15H14N4O2/c1-21-9-14-18-12-3-2-11(8-13(12)19-14)17-15(20)10-4-6-16-7-5-10/h2-8H,9H2,1H3,(H,17,20)(H,18,19). The van der Waals surface area contributed by atoms with Crippen molar-refractivity contribution in [1.29, 1.82) is 0 Å². The van der Waals surface area contributed by atoms with Crippen LogP contribution in [0.3, 0.4) is 0 Å². The minimum Gasteiger partial charge on any atom is -0.377 e. The van der Waals surface area contributed by atoms with Crippen LogP contribution < -0.4 is 5.32 Å². The number of benzene rings is 1. The number of nitrogens with one attached hydrogen (secondary N) is 2. The molecule has 0 unspecified atom stereocenters. The Morgan fingerprint density at radius 1 is 1.29 bits per heavy atom. The lowest BCUT2D eigenvalue weighted by molar-refractivity contribution is 0.102. The molecule has 3 rings (SSSR count). The van der Waals surface area contributed by atoms with Gasteiger partial charge in [-0.3, -0.25) is 9.78 Å². The minimum atomic E-state index is -0.173. The van der Waals surface area contributed by atoms with E-state index in [4.69, 9.17) is 4.74 Å². The summed E-state index contributed by atoms with van der Waals surface area (Å²) in [6, 6.07) is 8.86. The first-order valence-corrected chi connectivity index (χ1v) is 6.45. The number of aromatic amines is 1. The predicted octanol–water partition coefficient (Wildman–Crippen LogP) is 2.36. The summed E-state index contributed by atoms with van der Waals surface area (Å²) in [6.07, 6.45) is 3.17. The third-order valence-corrected chi connectivity index (χ3v) is 3.01. The third-order valence-electron chi connectivity index (χ3n) is 3.01. The lowest BCUT2D eigenvalue weighted by Gasteiger charge is -2.04. The first-order chi connectivity index (χ1) is 10.3. The van der Waals surface area contributed by atoms with E-state index >= 15 is 0 Å². The monoisotopic (exact) mass is 282 g/mol. The maximum absolute atomic E-state index is 12.1. The van der Waals surface area contributed by atoms with Gasteiger partial charge in [0.05, 0.1) is 11.0 Å². The fraction of sp³-hybridized carbons (Fsp3) is 0.133. The molecule has 0 saturated carbocycles. The number of H-pyrrole nitrogens is 1. The Morgan fingerprint density at radius 3 is 2.86 bits per heavy atom. The Bertz CT molecular complexity index is 768. The zero-order valence-corrected chi connectivity index (χ0v) is 11.5. The number of fused-ring (bicyclic) bond motifs is 1. The number of nitrogens with zero attached hydrogens (tertiary/aromatic N) is 2. The van der Waals surface area contributed by atoms with Crippen LogP contribution in [0.25, 0.3) is 11.0 Å². The molecule has 6 nitrogen and oxygen atoms in total. The van der Waals surface area contributed by atoms with E-state index in [1.165, 1.54) is 0 Å². The molecule has 1 amide bonds. The van der Waals surface area contributed by atoms with Crippen molar-refractivity contribution in [2.45, 2.75) is 6.61 Å². The maximum atomic E-state index is 12.1. The number of hydrogen-bond donors (Lipinski definition) is 2. The first kappa shape index (κ1) is 13.3. The summed E-state index contributed by atoms with van der Waals surface area (Å²) in [5.74, 6) is 0.582. The number of methoxy groups -OCH3 is 1. The number of aromatic nitrogens is 3. The fourth-order valence-electron chi connectivity index (χ4n) is 2.05. The van der Waals surface area contributed by atoms with E-state index in [-0.39, 0.29) is 5.91 Å². The highest BCUT2D eigenvalue weighted by Gasteiger charge is 2.07.